The molecule has 2 nitrogen and oxygen atoms in total. The highest BCUT2D eigenvalue weighted by molar-refractivity contribution is 6.08. The van der Waals surface area contributed by atoms with Crippen molar-refractivity contribution in [1.82, 2.24) is 4.57 Å². The number of ketones is 1. The van der Waals surface area contributed by atoms with E-state index >= 15 is 0 Å². The van der Waals surface area contributed by atoms with Gasteiger partial charge in [0.15, 0.2) is 5.78 Å². The Morgan fingerprint density at radius 3 is 2.60 bits per heavy atom. The van der Waals surface area contributed by atoms with E-state index in [1.807, 2.05) is 42.1 Å². The van der Waals surface area contributed by atoms with Crippen molar-refractivity contribution >= 4 is 16.7 Å². The summed E-state index contributed by atoms with van der Waals surface area (Å²) >= 11 is 0. The largest absolute Gasteiger partial charge is 0.350 e. The molecule has 0 spiro atoms. The van der Waals surface area contributed by atoms with Crippen LogP contribution in [0.1, 0.15) is 15.9 Å². The summed E-state index contributed by atoms with van der Waals surface area (Å²) in [6.07, 6.45) is 1.90. The SMILES string of the molecule is Cn1cc(C(=O)Cc2ccccc2F)c2ccccc21. The molecule has 1 aromatic heterocycles. The third-order valence-corrected chi connectivity index (χ3v) is 3.51. The number of rotatable bonds is 3. The lowest BCUT2D eigenvalue weighted by Crippen LogP contribution is -2.04. The summed E-state index contributed by atoms with van der Waals surface area (Å²) in [6, 6.07) is 14.1. The van der Waals surface area contributed by atoms with Crippen molar-refractivity contribution in [2.24, 2.45) is 7.05 Å². The highest BCUT2D eigenvalue weighted by Gasteiger charge is 2.15. The van der Waals surface area contributed by atoms with Gasteiger partial charge in [0.2, 0.25) is 0 Å². The van der Waals surface area contributed by atoms with Crippen LogP contribution in [0.4, 0.5) is 4.39 Å². The molecule has 0 fully saturated rings. The van der Waals surface area contributed by atoms with Gasteiger partial charge in [-0.3, -0.25) is 4.79 Å². The first kappa shape index (κ1) is 12.6. The van der Waals surface area contributed by atoms with E-state index in [0.29, 0.717) is 11.1 Å². The number of aromatic nitrogens is 1. The Kier molecular flexibility index (Phi) is 3.11. The molecular weight excluding hydrogens is 253 g/mol. The smallest absolute Gasteiger partial charge is 0.169 e. The number of Topliss-reactive ketones (excluding diaryl/α,β-unsaturated/α-hetero) is 1. The van der Waals surface area contributed by atoms with Crippen LogP contribution in [0.2, 0.25) is 0 Å². The summed E-state index contributed by atoms with van der Waals surface area (Å²) in [5, 5.41) is 0.913. The zero-order valence-corrected chi connectivity index (χ0v) is 11.1. The molecule has 0 aliphatic heterocycles. The summed E-state index contributed by atoms with van der Waals surface area (Å²) in [6.45, 7) is 0. The minimum Gasteiger partial charge on any atom is -0.350 e. The second kappa shape index (κ2) is 4.93. The molecule has 0 N–H and O–H groups in total. The zero-order valence-electron chi connectivity index (χ0n) is 11.1. The minimum absolute atomic E-state index is 0.0631. The lowest BCUT2D eigenvalue weighted by atomic mass is 10.0. The van der Waals surface area contributed by atoms with E-state index in [1.54, 1.807) is 18.2 Å². The monoisotopic (exact) mass is 267 g/mol. The molecule has 0 aliphatic rings. The topological polar surface area (TPSA) is 22.0 Å². The van der Waals surface area contributed by atoms with Crippen LogP contribution in [0.15, 0.2) is 54.7 Å². The highest BCUT2D eigenvalue weighted by Crippen LogP contribution is 2.22. The van der Waals surface area contributed by atoms with Gasteiger partial charge >= 0.3 is 0 Å². The zero-order chi connectivity index (χ0) is 14.1. The van der Waals surface area contributed by atoms with Crippen LogP contribution < -0.4 is 0 Å². The first-order chi connectivity index (χ1) is 9.66. The summed E-state index contributed by atoms with van der Waals surface area (Å²) < 4.78 is 15.5. The molecule has 20 heavy (non-hydrogen) atoms. The predicted molar refractivity (Wildman–Crippen MR) is 77.4 cm³/mol. The summed E-state index contributed by atoms with van der Waals surface area (Å²) in [5.41, 5.74) is 2.08. The van der Waals surface area contributed by atoms with E-state index in [9.17, 15) is 9.18 Å². The van der Waals surface area contributed by atoms with Gasteiger partial charge in [0.05, 0.1) is 0 Å². The fourth-order valence-corrected chi connectivity index (χ4v) is 2.47. The third-order valence-electron chi connectivity index (χ3n) is 3.51. The van der Waals surface area contributed by atoms with Crippen molar-refractivity contribution in [2.45, 2.75) is 6.42 Å². The van der Waals surface area contributed by atoms with E-state index < -0.39 is 0 Å². The number of carbonyl (C=O) groups is 1. The molecule has 0 bridgehead atoms. The molecule has 3 rings (SSSR count). The lowest BCUT2D eigenvalue weighted by molar-refractivity contribution is 0.0993. The molecule has 0 saturated carbocycles. The fourth-order valence-electron chi connectivity index (χ4n) is 2.47. The van der Waals surface area contributed by atoms with E-state index in [0.717, 1.165) is 10.9 Å². The molecule has 0 aliphatic carbocycles. The summed E-state index contributed by atoms with van der Waals surface area (Å²) in [7, 11) is 1.90. The molecule has 100 valence electrons. The van der Waals surface area contributed by atoms with Crippen molar-refractivity contribution in [3.8, 4) is 0 Å². The van der Waals surface area contributed by atoms with Crippen molar-refractivity contribution in [2.75, 3.05) is 0 Å². The van der Waals surface area contributed by atoms with Gasteiger partial charge in [0, 0.05) is 36.1 Å². The van der Waals surface area contributed by atoms with Gasteiger partial charge in [-0.2, -0.15) is 0 Å². The number of nitrogens with zero attached hydrogens (tertiary/aromatic N) is 1. The highest BCUT2D eigenvalue weighted by atomic mass is 19.1. The van der Waals surface area contributed by atoms with Gasteiger partial charge in [-0.25, -0.2) is 4.39 Å². The Labute approximate surface area is 116 Å². The molecule has 3 heteroatoms. The maximum absolute atomic E-state index is 13.6. The van der Waals surface area contributed by atoms with E-state index in [4.69, 9.17) is 0 Å². The van der Waals surface area contributed by atoms with Crippen LogP contribution in [0.25, 0.3) is 10.9 Å². The predicted octanol–water partition coefficient (Wildman–Crippen LogP) is 3.74. The maximum Gasteiger partial charge on any atom is 0.169 e. The Balaban J connectivity index is 2.00. The molecule has 0 saturated heterocycles. The number of benzene rings is 2. The lowest BCUT2D eigenvalue weighted by Gasteiger charge is -2.01. The fraction of sp³-hybridized carbons (Fsp3) is 0.118. The molecule has 0 amide bonds. The Morgan fingerprint density at radius 1 is 1.10 bits per heavy atom. The molecule has 0 unspecified atom stereocenters. The van der Waals surface area contributed by atoms with Crippen LogP contribution in [-0.2, 0) is 13.5 Å². The molecule has 0 atom stereocenters. The number of para-hydroxylation sites is 1. The van der Waals surface area contributed by atoms with E-state index in [1.165, 1.54) is 6.07 Å². The van der Waals surface area contributed by atoms with Gasteiger partial charge in [0.1, 0.15) is 5.82 Å². The van der Waals surface area contributed by atoms with Gasteiger partial charge in [-0.15, -0.1) is 0 Å². The van der Waals surface area contributed by atoms with Gasteiger partial charge < -0.3 is 4.57 Å². The number of carbonyl (C=O) groups excluding carboxylic acids is 1. The first-order valence-corrected chi connectivity index (χ1v) is 6.47. The van der Waals surface area contributed by atoms with Crippen LogP contribution in [0.3, 0.4) is 0 Å². The van der Waals surface area contributed by atoms with Crippen molar-refractivity contribution in [3.05, 3.63) is 71.7 Å². The molecule has 3 aromatic rings. The van der Waals surface area contributed by atoms with Crippen LogP contribution >= 0.6 is 0 Å². The third kappa shape index (κ3) is 2.11. The molecule has 0 radical (unpaired) electrons. The first-order valence-electron chi connectivity index (χ1n) is 6.47. The van der Waals surface area contributed by atoms with Crippen molar-refractivity contribution in [1.29, 1.82) is 0 Å². The Morgan fingerprint density at radius 2 is 1.80 bits per heavy atom. The molecular formula is C17H14FNO. The standard InChI is InChI=1S/C17H14FNO/c1-19-11-14(13-7-3-5-9-16(13)19)17(20)10-12-6-2-4-8-15(12)18/h2-9,11H,10H2,1H3. The van der Waals surface area contributed by atoms with Crippen molar-refractivity contribution < 1.29 is 9.18 Å². The molecule has 2 aromatic carbocycles. The summed E-state index contributed by atoms with van der Waals surface area (Å²) in [5.74, 6) is -0.395. The van der Waals surface area contributed by atoms with Gasteiger partial charge in [0.25, 0.3) is 0 Å². The second-order valence-electron chi connectivity index (χ2n) is 4.86. The van der Waals surface area contributed by atoms with Gasteiger partial charge in [-0.1, -0.05) is 36.4 Å². The number of fused-ring (bicyclic) bond motifs is 1. The van der Waals surface area contributed by atoms with Gasteiger partial charge in [-0.05, 0) is 17.7 Å². The van der Waals surface area contributed by atoms with E-state index in [-0.39, 0.29) is 18.0 Å². The van der Waals surface area contributed by atoms with Crippen LogP contribution in [-0.4, -0.2) is 10.4 Å². The Bertz CT molecular complexity index is 789. The number of halogens is 1. The minimum atomic E-state index is -0.332. The summed E-state index contributed by atoms with van der Waals surface area (Å²) in [4.78, 5) is 12.4. The number of hydrogen-bond donors (Lipinski definition) is 0. The normalized spacial score (nSPS) is 10.9. The van der Waals surface area contributed by atoms with Crippen LogP contribution in [0.5, 0.6) is 0 Å². The second-order valence-corrected chi connectivity index (χ2v) is 4.86. The number of hydrogen-bond acceptors (Lipinski definition) is 1. The quantitative estimate of drug-likeness (QED) is 0.662. The average molecular weight is 267 g/mol. The Hall–Kier alpha value is -2.42. The average Bonchev–Trinajstić information content (AvgIpc) is 2.79. The van der Waals surface area contributed by atoms with Crippen LogP contribution in [0, 0.1) is 5.82 Å². The van der Waals surface area contributed by atoms with Crippen molar-refractivity contribution in [3.63, 3.8) is 0 Å². The van der Waals surface area contributed by atoms with E-state index in [2.05, 4.69) is 0 Å². The molecule has 1 heterocycles. The maximum atomic E-state index is 13.6. The number of aryl methyl sites for hydroxylation is 1.